The first-order valence-electron chi connectivity index (χ1n) is 6.31. The number of benzene rings is 1. The molecule has 94 valence electrons. The van der Waals surface area contributed by atoms with E-state index in [4.69, 9.17) is 0 Å². The maximum Gasteiger partial charge on any atom is 0.0263 e. The Morgan fingerprint density at radius 3 is 2.82 bits per heavy atom. The molecule has 2 atom stereocenters. The molecule has 1 aliphatic rings. The zero-order chi connectivity index (χ0) is 11.9. The Balaban J connectivity index is 1.68. The summed E-state index contributed by atoms with van der Waals surface area (Å²) in [7, 11) is 0. The molecule has 1 saturated heterocycles. The van der Waals surface area contributed by atoms with Crippen molar-refractivity contribution in [1.29, 1.82) is 0 Å². The van der Waals surface area contributed by atoms with Crippen LogP contribution in [0.4, 0.5) is 0 Å². The van der Waals surface area contributed by atoms with Gasteiger partial charge in [-0.05, 0) is 18.9 Å². The van der Waals surface area contributed by atoms with Crippen molar-refractivity contribution in [3.8, 4) is 0 Å². The Labute approximate surface area is 113 Å². The van der Waals surface area contributed by atoms with Gasteiger partial charge in [0.1, 0.15) is 0 Å². The van der Waals surface area contributed by atoms with Crippen LogP contribution >= 0.6 is 23.5 Å². The van der Waals surface area contributed by atoms with Crippen LogP contribution in [0.15, 0.2) is 30.3 Å². The molecular formula is C14H21NS2. The quantitative estimate of drug-likeness (QED) is 0.880. The first kappa shape index (κ1) is 13.3. The molecule has 1 aromatic carbocycles. The van der Waals surface area contributed by atoms with E-state index in [2.05, 4.69) is 66.1 Å². The SMILES string of the molecule is CC(Cc1ccccc1)NCC1CSCCS1. The van der Waals surface area contributed by atoms with Gasteiger partial charge in [0.25, 0.3) is 0 Å². The zero-order valence-corrected chi connectivity index (χ0v) is 12.0. The van der Waals surface area contributed by atoms with E-state index in [1.165, 1.54) is 22.8 Å². The summed E-state index contributed by atoms with van der Waals surface area (Å²) in [5.41, 5.74) is 1.43. The molecule has 0 aromatic heterocycles. The minimum absolute atomic E-state index is 0.574. The topological polar surface area (TPSA) is 12.0 Å². The second kappa shape index (κ2) is 7.34. The Morgan fingerprint density at radius 2 is 2.12 bits per heavy atom. The van der Waals surface area contributed by atoms with E-state index < -0.39 is 0 Å². The minimum Gasteiger partial charge on any atom is -0.313 e. The van der Waals surface area contributed by atoms with Crippen LogP contribution in [0.25, 0.3) is 0 Å². The van der Waals surface area contributed by atoms with Gasteiger partial charge in [-0.3, -0.25) is 0 Å². The van der Waals surface area contributed by atoms with Crippen LogP contribution in [-0.2, 0) is 6.42 Å². The Kier molecular flexibility index (Phi) is 5.75. The van der Waals surface area contributed by atoms with Crippen LogP contribution in [0.2, 0.25) is 0 Å². The van der Waals surface area contributed by atoms with Gasteiger partial charge in [-0.15, -0.1) is 0 Å². The molecule has 3 heteroatoms. The van der Waals surface area contributed by atoms with Gasteiger partial charge in [0, 0.05) is 35.1 Å². The van der Waals surface area contributed by atoms with Gasteiger partial charge >= 0.3 is 0 Å². The molecule has 2 rings (SSSR count). The van der Waals surface area contributed by atoms with E-state index in [9.17, 15) is 0 Å². The Bertz CT molecular complexity index is 309. The highest BCUT2D eigenvalue weighted by atomic mass is 32.2. The van der Waals surface area contributed by atoms with Crippen molar-refractivity contribution in [2.24, 2.45) is 0 Å². The zero-order valence-electron chi connectivity index (χ0n) is 10.4. The maximum absolute atomic E-state index is 3.67. The van der Waals surface area contributed by atoms with Crippen molar-refractivity contribution in [1.82, 2.24) is 5.32 Å². The second-order valence-corrected chi connectivity index (χ2v) is 7.12. The average molecular weight is 267 g/mol. The molecule has 0 saturated carbocycles. The second-order valence-electron chi connectivity index (χ2n) is 4.57. The lowest BCUT2D eigenvalue weighted by atomic mass is 10.1. The summed E-state index contributed by atoms with van der Waals surface area (Å²) in [6.07, 6.45) is 1.13. The van der Waals surface area contributed by atoms with Gasteiger partial charge in [-0.1, -0.05) is 30.3 Å². The lowest BCUT2D eigenvalue weighted by molar-refractivity contribution is 0.549. The van der Waals surface area contributed by atoms with Gasteiger partial charge in [0.2, 0.25) is 0 Å². The smallest absolute Gasteiger partial charge is 0.0263 e. The average Bonchev–Trinajstić information content (AvgIpc) is 2.39. The largest absolute Gasteiger partial charge is 0.313 e. The Hall–Kier alpha value is -0.120. The number of nitrogens with one attached hydrogen (secondary N) is 1. The van der Waals surface area contributed by atoms with Crippen molar-refractivity contribution in [2.45, 2.75) is 24.6 Å². The standard InChI is InChI=1S/C14H21NS2/c1-12(9-13-5-3-2-4-6-13)15-10-14-11-16-7-8-17-14/h2-6,12,14-15H,7-11H2,1H3. The van der Waals surface area contributed by atoms with Gasteiger partial charge in [0.05, 0.1) is 0 Å². The number of rotatable bonds is 5. The highest BCUT2D eigenvalue weighted by Crippen LogP contribution is 2.23. The molecule has 1 N–H and O–H groups in total. The summed E-state index contributed by atoms with van der Waals surface area (Å²) < 4.78 is 0. The summed E-state index contributed by atoms with van der Waals surface area (Å²) in [5.74, 6) is 3.97. The molecule has 1 aromatic rings. The van der Waals surface area contributed by atoms with E-state index >= 15 is 0 Å². The number of hydrogen-bond donors (Lipinski definition) is 1. The fourth-order valence-corrected chi connectivity index (χ4v) is 4.65. The van der Waals surface area contributed by atoms with Gasteiger partial charge < -0.3 is 5.32 Å². The van der Waals surface area contributed by atoms with Crippen molar-refractivity contribution >= 4 is 23.5 Å². The molecular weight excluding hydrogens is 246 g/mol. The van der Waals surface area contributed by atoms with Crippen LogP contribution < -0.4 is 5.32 Å². The highest BCUT2D eigenvalue weighted by Gasteiger charge is 2.14. The molecule has 0 bridgehead atoms. The van der Waals surface area contributed by atoms with Crippen LogP contribution in [-0.4, -0.2) is 35.1 Å². The van der Waals surface area contributed by atoms with E-state index in [0.29, 0.717) is 6.04 Å². The van der Waals surface area contributed by atoms with Crippen molar-refractivity contribution in [3.63, 3.8) is 0 Å². The summed E-state index contributed by atoms with van der Waals surface area (Å²) in [5, 5.41) is 4.48. The fraction of sp³-hybridized carbons (Fsp3) is 0.571. The molecule has 17 heavy (non-hydrogen) atoms. The molecule has 0 aliphatic carbocycles. The van der Waals surface area contributed by atoms with Crippen LogP contribution in [0.1, 0.15) is 12.5 Å². The third-order valence-corrected chi connectivity index (χ3v) is 5.81. The van der Waals surface area contributed by atoms with E-state index in [1.54, 1.807) is 0 Å². The van der Waals surface area contributed by atoms with Crippen LogP contribution in [0, 0.1) is 0 Å². The third kappa shape index (κ3) is 4.94. The van der Waals surface area contributed by atoms with Gasteiger partial charge in [-0.2, -0.15) is 23.5 Å². The molecule has 0 radical (unpaired) electrons. The Morgan fingerprint density at radius 1 is 1.29 bits per heavy atom. The fourth-order valence-electron chi connectivity index (χ4n) is 2.03. The molecule has 2 unspecified atom stereocenters. The third-order valence-electron chi connectivity index (χ3n) is 2.96. The van der Waals surface area contributed by atoms with E-state index in [-0.39, 0.29) is 0 Å². The van der Waals surface area contributed by atoms with Gasteiger partial charge in [0.15, 0.2) is 0 Å². The highest BCUT2D eigenvalue weighted by molar-refractivity contribution is 8.06. The molecule has 1 heterocycles. The first-order valence-corrected chi connectivity index (χ1v) is 8.51. The van der Waals surface area contributed by atoms with Crippen LogP contribution in [0.3, 0.4) is 0 Å². The lowest BCUT2D eigenvalue weighted by Crippen LogP contribution is -2.36. The monoisotopic (exact) mass is 267 g/mol. The normalized spacial score (nSPS) is 22.3. The minimum atomic E-state index is 0.574. The van der Waals surface area contributed by atoms with Crippen molar-refractivity contribution in [3.05, 3.63) is 35.9 Å². The predicted molar refractivity (Wildman–Crippen MR) is 81.2 cm³/mol. The molecule has 1 fully saturated rings. The molecule has 1 nitrogen and oxygen atoms in total. The van der Waals surface area contributed by atoms with Crippen LogP contribution in [0.5, 0.6) is 0 Å². The van der Waals surface area contributed by atoms with E-state index in [0.717, 1.165) is 18.2 Å². The molecule has 0 spiro atoms. The molecule has 1 aliphatic heterocycles. The van der Waals surface area contributed by atoms with Crippen molar-refractivity contribution < 1.29 is 0 Å². The number of thioether (sulfide) groups is 2. The number of hydrogen-bond acceptors (Lipinski definition) is 3. The first-order chi connectivity index (χ1) is 8.34. The summed E-state index contributed by atoms with van der Waals surface area (Å²) in [6, 6.07) is 11.3. The van der Waals surface area contributed by atoms with E-state index in [1.807, 2.05) is 0 Å². The molecule has 0 amide bonds. The van der Waals surface area contributed by atoms with Gasteiger partial charge in [-0.25, -0.2) is 0 Å². The predicted octanol–water partition coefficient (Wildman–Crippen LogP) is 3.06. The van der Waals surface area contributed by atoms with Crippen molar-refractivity contribution in [2.75, 3.05) is 23.8 Å². The summed E-state index contributed by atoms with van der Waals surface area (Å²) in [6.45, 7) is 3.44. The maximum atomic E-state index is 3.67. The summed E-state index contributed by atoms with van der Waals surface area (Å²) in [4.78, 5) is 0. The summed E-state index contributed by atoms with van der Waals surface area (Å²) >= 11 is 4.23. The lowest BCUT2D eigenvalue weighted by Gasteiger charge is -2.23.